The highest BCUT2D eigenvalue weighted by molar-refractivity contribution is 5.29. The van der Waals surface area contributed by atoms with Crippen LogP contribution in [0.25, 0.3) is 0 Å². The minimum absolute atomic E-state index is 0.0568. The highest BCUT2D eigenvalue weighted by Crippen LogP contribution is 2.26. The number of ether oxygens (including phenoxy) is 2. The van der Waals surface area contributed by atoms with E-state index in [1.54, 1.807) is 0 Å². The number of aliphatic hydroxyl groups is 2. The predicted octanol–water partition coefficient (Wildman–Crippen LogP) is 2.78. The molecule has 0 saturated heterocycles. The third-order valence-electron chi connectivity index (χ3n) is 3.38. The van der Waals surface area contributed by atoms with Crippen LogP contribution >= 0.6 is 0 Å². The van der Waals surface area contributed by atoms with Crippen molar-refractivity contribution < 1.29 is 19.7 Å². The average molecular weight is 296 g/mol. The van der Waals surface area contributed by atoms with Gasteiger partial charge in [-0.05, 0) is 30.4 Å². The Morgan fingerprint density at radius 2 is 1.43 bits per heavy atom. The Balaban J connectivity index is 2.83. The topological polar surface area (TPSA) is 58.9 Å². The van der Waals surface area contributed by atoms with Gasteiger partial charge in [0.1, 0.15) is 12.2 Å². The number of hydrogen-bond donors (Lipinski definition) is 2. The van der Waals surface area contributed by atoms with Crippen molar-refractivity contribution in [1.29, 1.82) is 0 Å². The highest BCUT2D eigenvalue weighted by atomic mass is 16.7. The Hall–Kier alpha value is -0.940. The first-order valence-electron chi connectivity index (χ1n) is 7.51. The van der Waals surface area contributed by atoms with E-state index in [0.717, 1.165) is 0 Å². The van der Waals surface area contributed by atoms with Gasteiger partial charge in [-0.1, -0.05) is 45.0 Å². The standard InChI is InChI=1S/C17H28O4/c1-6-20-16(21-7-2)15(19)14(18)12-8-10-13(11-9-12)17(3,4)5/h8-11,14-16,18-19H,6-7H2,1-5H3/t14-,15+/m1/s1. The van der Waals surface area contributed by atoms with Crippen molar-refractivity contribution in [3.63, 3.8) is 0 Å². The summed E-state index contributed by atoms with van der Waals surface area (Å²) in [5, 5.41) is 20.5. The van der Waals surface area contributed by atoms with Crippen LogP contribution in [0.5, 0.6) is 0 Å². The van der Waals surface area contributed by atoms with Crippen LogP contribution in [0.3, 0.4) is 0 Å². The molecule has 0 spiro atoms. The Morgan fingerprint density at radius 1 is 0.952 bits per heavy atom. The monoisotopic (exact) mass is 296 g/mol. The van der Waals surface area contributed by atoms with E-state index in [9.17, 15) is 10.2 Å². The quantitative estimate of drug-likeness (QED) is 0.760. The van der Waals surface area contributed by atoms with Crippen LogP contribution in [0.1, 0.15) is 51.8 Å². The fraction of sp³-hybridized carbons (Fsp3) is 0.647. The minimum atomic E-state index is -1.12. The maximum Gasteiger partial charge on any atom is 0.186 e. The molecule has 0 saturated carbocycles. The molecule has 120 valence electrons. The number of benzene rings is 1. The zero-order valence-corrected chi connectivity index (χ0v) is 13.7. The molecule has 0 fully saturated rings. The van der Waals surface area contributed by atoms with Crippen LogP contribution in [0.4, 0.5) is 0 Å². The Morgan fingerprint density at radius 3 is 1.81 bits per heavy atom. The van der Waals surface area contributed by atoms with E-state index in [1.807, 2.05) is 38.1 Å². The third kappa shape index (κ3) is 5.08. The summed E-state index contributed by atoms with van der Waals surface area (Å²) in [4.78, 5) is 0. The molecular formula is C17H28O4. The van der Waals surface area contributed by atoms with Crippen LogP contribution in [0.15, 0.2) is 24.3 Å². The molecule has 21 heavy (non-hydrogen) atoms. The second kappa shape index (κ2) is 7.90. The first-order chi connectivity index (χ1) is 9.81. The van der Waals surface area contributed by atoms with E-state index in [-0.39, 0.29) is 5.41 Å². The van der Waals surface area contributed by atoms with Crippen LogP contribution in [0.2, 0.25) is 0 Å². The van der Waals surface area contributed by atoms with Crippen LogP contribution < -0.4 is 0 Å². The fourth-order valence-corrected chi connectivity index (χ4v) is 2.10. The van der Waals surface area contributed by atoms with Gasteiger partial charge in [0.05, 0.1) is 0 Å². The fourth-order valence-electron chi connectivity index (χ4n) is 2.10. The maximum absolute atomic E-state index is 10.3. The van der Waals surface area contributed by atoms with Gasteiger partial charge in [-0.2, -0.15) is 0 Å². The predicted molar refractivity (Wildman–Crippen MR) is 83.1 cm³/mol. The van der Waals surface area contributed by atoms with E-state index < -0.39 is 18.5 Å². The molecule has 0 aliphatic rings. The van der Waals surface area contributed by atoms with E-state index in [4.69, 9.17) is 9.47 Å². The van der Waals surface area contributed by atoms with E-state index in [1.165, 1.54) is 5.56 Å². The second-order valence-corrected chi connectivity index (χ2v) is 6.09. The summed E-state index contributed by atoms with van der Waals surface area (Å²) in [7, 11) is 0. The molecule has 2 N–H and O–H groups in total. The summed E-state index contributed by atoms with van der Waals surface area (Å²) < 4.78 is 10.7. The Kier molecular flexibility index (Phi) is 6.81. The van der Waals surface area contributed by atoms with Gasteiger partial charge in [0, 0.05) is 13.2 Å². The molecule has 0 aromatic heterocycles. The number of hydrogen-bond acceptors (Lipinski definition) is 4. The molecule has 1 rings (SSSR count). The second-order valence-electron chi connectivity index (χ2n) is 6.09. The summed E-state index contributed by atoms with van der Waals surface area (Å²) in [6, 6.07) is 7.62. The van der Waals surface area contributed by atoms with Crippen molar-refractivity contribution >= 4 is 0 Å². The summed E-state index contributed by atoms with van der Waals surface area (Å²) >= 11 is 0. The maximum atomic E-state index is 10.3. The smallest absolute Gasteiger partial charge is 0.186 e. The molecule has 0 unspecified atom stereocenters. The lowest BCUT2D eigenvalue weighted by Crippen LogP contribution is -2.36. The SMILES string of the molecule is CCOC(OCC)[C@@H](O)[C@H](O)c1ccc(C(C)(C)C)cc1. The van der Waals surface area contributed by atoms with Gasteiger partial charge in [0.2, 0.25) is 0 Å². The van der Waals surface area contributed by atoms with Gasteiger partial charge < -0.3 is 19.7 Å². The third-order valence-corrected chi connectivity index (χ3v) is 3.38. The van der Waals surface area contributed by atoms with Crippen LogP contribution in [-0.4, -0.2) is 35.8 Å². The molecule has 0 bridgehead atoms. The molecule has 2 atom stereocenters. The van der Waals surface area contributed by atoms with Gasteiger partial charge in [-0.25, -0.2) is 0 Å². The first-order valence-corrected chi connectivity index (χ1v) is 7.51. The van der Waals surface area contributed by atoms with Gasteiger partial charge >= 0.3 is 0 Å². The normalized spacial score (nSPS) is 15.2. The molecule has 1 aromatic rings. The molecule has 4 nitrogen and oxygen atoms in total. The number of aliphatic hydroxyl groups excluding tert-OH is 2. The first kappa shape index (κ1) is 18.1. The zero-order chi connectivity index (χ0) is 16.0. The van der Waals surface area contributed by atoms with Crippen molar-refractivity contribution in [3.8, 4) is 0 Å². The molecule has 0 aliphatic heterocycles. The van der Waals surface area contributed by atoms with Gasteiger partial charge in [-0.3, -0.25) is 0 Å². The number of rotatable bonds is 7. The van der Waals surface area contributed by atoms with Crippen molar-refractivity contribution in [2.45, 2.75) is 58.5 Å². The van der Waals surface area contributed by atoms with E-state index in [2.05, 4.69) is 20.8 Å². The lowest BCUT2D eigenvalue weighted by Gasteiger charge is -2.27. The minimum Gasteiger partial charge on any atom is -0.385 e. The van der Waals surface area contributed by atoms with Gasteiger partial charge in [-0.15, -0.1) is 0 Å². The summed E-state index contributed by atoms with van der Waals surface area (Å²) in [5.74, 6) is 0. The molecule has 0 amide bonds. The van der Waals surface area contributed by atoms with Crippen LogP contribution in [-0.2, 0) is 14.9 Å². The largest absolute Gasteiger partial charge is 0.385 e. The molecule has 0 radical (unpaired) electrons. The lowest BCUT2D eigenvalue weighted by atomic mass is 9.86. The zero-order valence-electron chi connectivity index (χ0n) is 13.7. The summed E-state index contributed by atoms with van der Waals surface area (Å²) in [6.45, 7) is 10.9. The molecule has 0 heterocycles. The van der Waals surface area contributed by atoms with E-state index in [0.29, 0.717) is 18.8 Å². The van der Waals surface area contributed by atoms with E-state index >= 15 is 0 Å². The molecule has 1 aromatic carbocycles. The average Bonchev–Trinajstić information content (AvgIpc) is 2.45. The highest BCUT2D eigenvalue weighted by Gasteiger charge is 2.28. The van der Waals surface area contributed by atoms with Gasteiger partial charge in [0.25, 0.3) is 0 Å². The van der Waals surface area contributed by atoms with Crippen molar-refractivity contribution in [1.82, 2.24) is 0 Å². The summed E-state index contributed by atoms with van der Waals surface area (Å²) in [5.41, 5.74) is 1.89. The van der Waals surface area contributed by atoms with Crippen molar-refractivity contribution in [2.24, 2.45) is 0 Å². The Bertz CT molecular complexity index is 402. The Labute approximate surface area is 127 Å². The van der Waals surface area contributed by atoms with Gasteiger partial charge in [0.15, 0.2) is 6.29 Å². The molecular weight excluding hydrogens is 268 g/mol. The molecule has 4 heteroatoms. The van der Waals surface area contributed by atoms with Crippen LogP contribution in [0, 0.1) is 0 Å². The molecule has 0 aliphatic carbocycles. The lowest BCUT2D eigenvalue weighted by molar-refractivity contribution is -0.212. The van der Waals surface area contributed by atoms with Crippen molar-refractivity contribution in [3.05, 3.63) is 35.4 Å². The summed E-state index contributed by atoms with van der Waals surface area (Å²) in [6.07, 6.45) is -2.98. The van der Waals surface area contributed by atoms with Crippen molar-refractivity contribution in [2.75, 3.05) is 13.2 Å².